The Labute approximate surface area is 252 Å². The first-order chi connectivity index (χ1) is 18.5. The van der Waals surface area contributed by atoms with Crippen molar-refractivity contribution in [3.8, 4) is 41.1 Å². The first kappa shape index (κ1) is 35.8. The molecule has 3 aromatic carbocycles. The number of hydrogen-bond donors (Lipinski definition) is 0. The van der Waals surface area contributed by atoms with Gasteiger partial charge in [0.25, 0.3) is 0 Å². The van der Waals surface area contributed by atoms with E-state index in [4.69, 9.17) is 16.9 Å². The van der Waals surface area contributed by atoms with Gasteiger partial charge in [-0.1, -0.05) is 143 Å². The van der Waals surface area contributed by atoms with Crippen molar-refractivity contribution >= 4 is 31.9 Å². The molecule has 1 radical (unpaired) electrons. The first-order valence-electron chi connectivity index (χ1n) is 12.6. The van der Waals surface area contributed by atoms with Crippen LogP contribution in [0.4, 0.5) is 0 Å². The molecule has 0 aromatic heterocycles. The number of rotatable bonds is 3. The Morgan fingerprint density at radius 1 is 0.590 bits per heavy atom. The molecule has 5 heteroatoms. The molecular weight excluding hydrogens is 684 g/mol. The molecule has 1 saturated carbocycles. The van der Waals surface area contributed by atoms with E-state index in [-0.39, 0.29) is 20.4 Å². The smallest absolute Gasteiger partial charge is 0.130 e. The Bertz CT molecular complexity index is 1180. The van der Waals surface area contributed by atoms with Crippen LogP contribution < -0.4 is 15.9 Å². The molecule has 1 fully saturated rings. The van der Waals surface area contributed by atoms with Gasteiger partial charge in [-0.15, -0.1) is 11.5 Å². The van der Waals surface area contributed by atoms with Crippen molar-refractivity contribution in [1.29, 1.82) is 0 Å². The second-order valence-corrected chi connectivity index (χ2v) is 16.2. The second kappa shape index (κ2) is 22.8. The summed E-state index contributed by atoms with van der Waals surface area (Å²) >= 11 is 0. The predicted molar refractivity (Wildman–Crippen MR) is 169 cm³/mol. The third-order valence-corrected chi connectivity index (χ3v) is 8.36. The molecule has 0 atom stereocenters. The summed E-state index contributed by atoms with van der Waals surface area (Å²) < 4.78 is 0. The Hall–Kier alpha value is -3.19. The van der Waals surface area contributed by atoms with Crippen LogP contribution in [0.25, 0.3) is 5.59 Å². The van der Waals surface area contributed by atoms with Gasteiger partial charge in [0.15, 0.2) is 0 Å². The molecule has 0 heterocycles. The maximum atomic E-state index is 7.25. The molecule has 39 heavy (non-hydrogen) atoms. The fourth-order valence-electron chi connectivity index (χ4n) is 3.41. The number of hydrogen-bond acceptors (Lipinski definition) is 1. The van der Waals surface area contributed by atoms with Gasteiger partial charge in [-0.2, -0.15) is 0 Å². The summed E-state index contributed by atoms with van der Waals surface area (Å²) in [5.74, 6) is 14.5. The van der Waals surface area contributed by atoms with Gasteiger partial charge in [-0.05, 0) is 41.6 Å². The van der Waals surface area contributed by atoms with Crippen LogP contribution in [0.5, 0.6) is 0 Å². The van der Waals surface area contributed by atoms with Gasteiger partial charge in [0.05, 0.1) is 0 Å². The first-order valence-corrected chi connectivity index (χ1v) is 17.4. The molecule has 0 unspecified atom stereocenters. The van der Waals surface area contributed by atoms with Crippen molar-refractivity contribution in [1.82, 2.24) is 0 Å². The average molecular weight is 718 g/mol. The fourth-order valence-corrected chi connectivity index (χ4v) is 6.15. The minimum absolute atomic E-state index is 0. The summed E-state index contributed by atoms with van der Waals surface area (Å²) in [6, 6.07) is 32.3. The van der Waals surface area contributed by atoms with Crippen LogP contribution in [0.1, 0.15) is 32.1 Å². The van der Waals surface area contributed by atoms with E-state index in [0.29, 0.717) is 0 Å². The molecule has 0 saturated heterocycles. The SMILES string of the molecule is C1CCCC1.[C-]#CC#CC#CC#C[Si](C)(C)C.[N-]=O.[Re].c1ccc(P(c2ccccc2)c2ccccc2)cc1. The summed E-state index contributed by atoms with van der Waals surface area (Å²) in [5.41, 5.74) is 8.83. The zero-order valence-corrected chi connectivity index (χ0v) is 27.5. The van der Waals surface area contributed by atoms with Crippen molar-refractivity contribution in [2.45, 2.75) is 51.7 Å². The van der Waals surface area contributed by atoms with E-state index in [9.17, 15) is 0 Å². The molecule has 0 N–H and O–H groups in total. The maximum absolute atomic E-state index is 7.25. The summed E-state index contributed by atoms with van der Waals surface area (Å²) in [4.78, 5) is 7.25. The quantitative estimate of drug-likeness (QED) is 0.123. The Balaban J connectivity index is 0.000000620. The van der Waals surface area contributed by atoms with Crippen molar-refractivity contribution in [2.24, 2.45) is 0 Å². The largest absolute Gasteiger partial charge is 0.577 e. The molecule has 1 aliphatic carbocycles. The van der Waals surface area contributed by atoms with Crippen molar-refractivity contribution in [3.63, 3.8) is 0 Å². The molecular formula is C34H34NOPReSi-2. The molecule has 199 valence electrons. The fraction of sp³-hybridized carbons (Fsp3) is 0.235. The van der Waals surface area contributed by atoms with E-state index in [2.05, 4.69) is 146 Å². The third-order valence-electron chi connectivity index (χ3n) is 5.04. The van der Waals surface area contributed by atoms with Crippen LogP contribution in [0.2, 0.25) is 19.6 Å². The number of nitrogens with zero attached hydrogens (tertiary/aromatic N) is 1. The normalized spacial score (nSPS) is 10.5. The topological polar surface area (TPSA) is 39.4 Å². The second-order valence-electron chi connectivity index (χ2n) is 9.23. The molecule has 1 aliphatic rings. The Kier molecular flexibility index (Phi) is 20.9. The number of benzene rings is 3. The van der Waals surface area contributed by atoms with Gasteiger partial charge in [0, 0.05) is 20.4 Å². The summed E-state index contributed by atoms with van der Waals surface area (Å²) in [7, 11) is -1.74. The van der Waals surface area contributed by atoms with Crippen LogP contribution in [-0.4, -0.2) is 8.07 Å². The minimum atomic E-state index is -1.29. The van der Waals surface area contributed by atoms with Gasteiger partial charge < -0.3 is 16.9 Å². The molecule has 3 aromatic rings. The predicted octanol–water partition coefficient (Wildman–Crippen LogP) is 7.18. The van der Waals surface area contributed by atoms with Crippen molar-refractivity contribution in [3.05, 3.63) is 108 Å². The molecule has 0 aliphatic heterocycles. The van der Waals surface area contributed by atoms with E-state index in [1.807, 2.05) is 5.92 Å². The average Bonchev–Trinajstić information content (AvgIpc) is 3.54. The Morgan fingerprint density at radius 2 is 0.897 bits per heavy atom. The van der Waals surface area contributed by atoms with Gasteiger partial charge in [0.2, 0.25) is 0 Å². The standard InChI is InChI=1S/C18H15P.C11H9Si.C5H10.NO.Re/c1-4-10-16(11-5-1)19(17-12-6-2-7-13-17)18-14-8-3-9-15-18;1-5-6-7-8-9-10-11-12(2,3)4;1-2-4-5-3-1;1-2;/h1-15H;2-4H3;1-5H2;;/q;-1;;-1;. The molecule has 0 amide bonds. The van der Waals surface area contributed by atoms with Crippen LogP contribution in [0.15, 0.2) is 91.0 Å². The summed E-state index contributed by atoms with van der Waals surface area (Å²) in [6.45, 7) is 6.45. The van der Waals surface area contributed by atoms with Crippen molar-refractivity contribution in [2.75, 3.05) is 0 Å². The Morgan fingerprint density at radius 3 is 1.21 bits per heavy atom. The summed E-state index contributed by atoms with van der Waals surface area (Å²) in [5, 5.41) is 4.19. The van der Waals surface area contributed by atoms with E-state index in [0.717, 1.165) is 0 Å². The third kappa shape index (κ3) is 17.1. The van der Waals surface area contributed by atoms with E-state index >= 15 is 0 Å². The van der Waals surface area contributed by atoms with Gasteiger partial charge in [-0.25, -0.2) is 5.92 Å². The monoisotopic (exact) mass is 718 g/mol. The van der Waals surface area contributed by atoms with Gasteiger partial charge in [0.1, 0.15) is 8.07 Å². The van der Waals surface area contributed by atoms with E-state index in [1.165, 1.54) is 48.0 Å². The van der Waals surface area contributed by atoms with Gasteiger partial charge in [-0.3, -0.25) is 5.92 Å². The van der Waals surface area contributed by atoms with Crippen LogP contribution in [0, 0.1) is 52.4 Å². The zero-order valence-electron chi connectivity index (χ0n) is 22.9. The van der Waals surface area contributed by atoms with Crippen LogP contribution >= 0.6 is 7.92 Å². The van der Waals surface area contributed by atoms with Crippen molar-refractivity contribution < 1.29 is 20.4 Å². The van der Waals surface area contributed by atoms with E-state index < -0.39 is 16.0 Å². The van der Waals surface area contributed by atoms with Crippen LogP contribution in [-0.2, 0) is 20.4 Å². The van der Waals surface area contributed by atoms with Gasteiger partial charge >= 0.3 is 0 Å². The van der Waals surface area contributed by atoms with Crippen LogP contribution in [0.3, 0.4) is 0 Å². The summed E-state index contributed by atoms with van der Waals surface area (Å²) in [6.07, 6.45) is 14.0. The molecule has 2 nitrogen and oxygen atoms in total. The minimum Gasteiger partial charge on any atom is -0.577 e. The molecule has 0 bridgehead atoms. The molecule has 0 spiro atoms. The van der Waals surface area contributed by atoms with E-state index in [1.54, 1.807) is 0 Å². The zero-order chi connectivity index (χ0) is 27.9. The molecule has 4 rings (SSSR count). The maximum Gasteiger partial charge on any atom is 0.130 e. The number of nitroso groups, excluding NO2 is 1.